The van der Waals surface area contributed by atoms with Crippen LogP contribution >= 0.6 is 23.2 Å². The minimum Gasteiger partial charge on any atom is -0.426 e. The number of carbonyl (C=O) groups excluding carboxylic acids is 4. The van der Waals surface area contributed by atoms with Gasteiger partial charge in [0.1, 0.15) is 11.5 Å². The Kier molecular flexibility index (Phi) is 8.58. The predicted octanol–water partition coefficient (Wildman–Crippen LogP) is 7.83. The molecule has 2 unspecified atom stereocenters. The maximum absolute atomic E-state index is 14.2. The number of halogens is 2. The normalized spacial score (nSPS) is 19.2. The van der Waals surface area contributed by atoms with Crippen LogP contribution in [0.25, 0.3) is 21.5 Å². The minimum absolute atomic E-state index is 0.0796. The van der Waals surface area contributed by atoms with Crippen LogP contribution in [0.1, 0.15) is 68.9 Å². The molecule has 0 N–H and O–H groups in total. The Hall–Kier alpha value is -4.14. The number of carbonyl (C=O) groups is 4. The molecule has 2 heterocycles. The molecule has 7 rings (SSSR count). The fourth-order valence-electron chi connectivity index (χ4n) is 7.95. The van der Waals surface area contributed by atoms with Crippen molar-refractivity contribution < 1.29 is 28.7 Å². The molecule has 0 saturated heterocycles. The summed E-state index contributed by atoms with van der Waals surface area (Å²) in [4.78, 5) is 56.0. The fraction of sp³-hybridized carbons (Fsp3) is 0.368. The molecule has 2 amide bonds. The number of hydrogen-bond acceptors (Lipinski definition) is 6. The molecule has 48 heavy (non-hydrogen) atoms. The fourth-order valence-corrected chi connectivity index (χ4v) is 8.46. The predicted molar refractivity (Wildman–Crippen MR) is 188 cm³/mol. The first kappa shape index (κ1) is 32.4. The molecule has 0 radical (unpaired) electrons. The van der Waals surface area contributed by atoms with Crippen LogP contribution in [0, 0.1) is 5.41 Å². The maximum Gasteiger partial charge on any atom is 0.308 e. The molecule has 0 bridgehead atoms. The maximum atomic E-state index is 14.2. The molecule has 4 aromatic rings. The van der Waals surface area contributed by atoms with Crippen LogP contribution in [0.4, 0.5) is 11.4 Å². The zero-order valence-electron chi connectivity index (χ0n) is 26.9. The molecule has 2 atom stereocenters. The van der Waals surface area contributed by atoms with Gasteiger partial charge in [0.05, 0.1) is 11.4 Å². The van der Waals surface area contributed by atoms with Gasteiger partial charge in [0.2, 0.25) is 11.8 Å². The number of esters is 2. The van der Waals surface area contributed by atoms with Crippen LogP contribution in [0.3, 0.4) is 0 Å². The van der Waals surface area contributed by atoms with E-state index in [9.17, 15) is 19.2 Å². The number of fused-ring (bicyclic) bond motifs is 6. The van der Waals surface area contributed by atoms with Gasteiger partial charge in [-0.2, -0.15) is 0 Å². The first-order valence-electron chi connectivity index (χ1n) is 16.3. The molecule has 0 aromatic heterocycles. The summed E-state index contributed by atoms with van der Waals surface area (Å²) in [5, 5.41) is 3.40. The Morgan fingerprint density at radius 2 is 1.08 bits per heavy atom. The van der Waals surface area contributed by atoms with Gasteiger partial charge in [-0.25, -0.2) is 0 Å². The van der Waals surface area contributed by atoms with Crippen molar-refractivity contribution in [2.75, 3.05) is 34.6 Å². The van der Waals surface area contributed by atoms with Crippen molar-refractivity contribution in [3.05, 3.63) is 71.8 Å². The summed E-state index contributed by atoms with van der Waals surface area (Å²) >= 11 is 12.9. The lowest BCUT2D eigenvalue weighted by atomic mass is 9.64. The van der Waals surface area contributed by atoms with E-state index < -0.39 is 17.4 Å². The lowest BCUT2D eigenvalue weighted by Gasteiger charge is -2.42. The zero-order chi connectivity index (χ0) is 33.7. The van der Waals surface area contributed by atoms with E-state index in [1.54, 1.807) is 21.9 Å². The number of amides is 2. The number of hydrogen-bond donors (Lipinski definition) is 0. The lowest BCUT2D eigenvalue weighted by molar-refractivity contribution is -0.132. The number of benzene rings is 4. The molecule has 0 spiro atoms. The summed E-state index contributed by atoms with van der Waals surface area (Å²) in [6.45, 7) is 3.55. The molecule has 1 fully saturated rings. The summed E-state index contributed by atoms with van der Waals surface area (Å²) < 4.78 is 11.2. The van der Waals surface area contributed by atoms with Gasteiger partial charge in [-0.1, -0.05) is 55.0 Å². The van der Waals surface area contributed by atoms with E-state index in [1.165, 1.54) is 13.8 Å². The van der Waals surface area contributed by atoms with Gasteiger partial charge in [-0.15, -0.1) is 23.2 Å². The third kappa shape index (κ3) is 5.59. The molecule has 2 aliphatic heterocycles. The molecule has 10 heteroatoms. The summed E-state index contributed by atoms with van der Waals surface area (Å²) in [6.07, 6.45) is 2.87. The molecular weight excluding hydrogens is 651 g/mol. The average Bonchev–Trinajstić information content (AvgIpc) is 3.62. The Morgan fingerprint density at radius 1 is 0.688 bits per heavy atom. The van der Waals surface area contributed by atoms with E-state index in [1.807, 2.05) is 48.5 Å². The van der Waals surface area contributed by atoms with Crippen molar-refractivity contribution in [3.63, 3.8) is 0 Å². The lowest BCUT2D eigenvalue weighted by Crippen LogP contribution is -2.43. The highest BCUT2D eigenvalue weighted by Gasteiger charge is 2.46. The van der Waals surface area contributed by atoms with E-state index in [0.717, 1.165) is 51.9 Å². The van der Waals surface area contributed by atoms with Gasteiger partial charge in [-0.05, 0) is 40.2 Å². The number of alkyl halides is 2. The number of rotatable bonds is 8. The third-order valence-corrected chi connectivity index (χ3v) is 11.0. The Balaban J connectivity index is 1.18. The number of ether oxygens (including phenoxy) is 2. The second-order valence-corrected chi connectivity index (χ2v) is 13.9. The van der Waals surface area contributed by atoms with Crippen molar-refractivity contribution in [1.29, 1.82) is 0 Å². The SMILES string of the molecule is CC(=O)Oc1cc2c(c3ccccc13)C(CCl)CN2C(=O)CC1(CC(=O)N2CC(CCl)c3c2cc(OC(C)=O)c2ccccc32)CCC1. The Morgan fingerprint density at radius 3 is 1.42 bits per heavy atom. The molecule has 8 nitrogen and oxygen atoms in total. The van der Waals surface area contributed by atoms with Gasteiger partial charge in [-0.3, -0.25) is 19.2 Å². The van der Waals surface area contributed by atoms with Crippen LogP contribution in [0.15, 0.2) is 60.7 Å². The van der Waals surface area contributed by atoms with Crippen LogP contribution in [-0.4, -0.2) is 48.6 Å². The van der Waals surface area contributed by atoms with E-state index in [0.29, 0.717) is 47.7 Å². The highest BCUT2D eigenvalue weighted by molar-refractivity contribution is 6.19. The molecule has 1 saturated carbocycles. The van der Waals surface area contributed by atoms with Crippen molar-refractivity contribution in [3.8, 4) is 11.5 Å². The quantitative estimate of drug-likeness (QED) is 0.107. The van der Waals surface area contributed by atoms with E-state index >= 15 is 0 Å². The van der Waals surface area contributed by atoms with Crippen molar-refractivity contribution in [2.45, 2.75) is 57.8 Å². The minimum atomic E-state index is -0.488. The zero-order valence-corrected chi connectivity index (χ0v) is 28.4. The summed E-state index contributed by atoms with van der Waals surface area (Å²) in [5.74, 6) is 0.254. The number of nitrogens with zero attached hydrogens (tertiary/aromatic N) is 2. The second-order valence-electron chi connectivity index (χ2n) is 13.3. The van der Waals surface area contributed by atoms with Gasteiger partial charge in [0.15, 0.2) is 0 Å². The molecule has 3 aliphatic rings. The van der Waals surface area contributed by atoms with E-state index in [4.69, 9.17) is 32.7 Å². The highest BCUT2D eigenvalue weighted by atomic mass is 35.5. The van der Waals surface area contributed by atoms with Crippen LogP contribution < -0.4 is 19.3 Å². The molecule has 4 aromatic carbocycles. The second kappa shape index (κ2) is 12.7. The van der Waals surface area contributed by atoms with Gasteiger partial charge in [0.25, 0.3) is 0 Å². The van der Waals surface area contributed by atoms with Crippen molar-refractivity contribution >= 4 is 79.9 Å². The molecular formula is C38H36Cl2N2O6. The van der Waals surface area contributed by atoms with Crippen LogP contribution in [-0.2, 0) is 19.2 Å². The van der Waals surface area contributed by atoms with Gasteiger partial charge < -0.3 is 19.3 Å². The van der Waals surface area contributed by atoms with E-state index in [-0.39, 0.29) is 36.5 Å². The van der Waals surface area contributed by atoms with Crippen LogP contribution in [0.5, 0.6) is 11.5 Å². The van der Waals surface area contributed by atoms with Crippen molar-refractivity contribution in [2.24, 2.45) is 5.41 Å². The average molecular weight is 688 g/mol. The Labute approximate surface area is 288 Å². The topological polar surface area (TPSA) is 93.2 Å². The largest absolute Gasteiger partial charge is 0.426 e. The molecule has 248 valence electrons. The standard InChI is InChI=1S/C38H36Cl2N2O6/c1-22(43)47-32-14-30-36(28-10-5-3-8-26(28)32)24(18-39)20-41(30)34(45)16-38(12-7-13-38)17-35(46)42-21-25(19-40)37-29-11-6-4-9-27(29)33(15-31(37)42)48-23(2)44/h3-6,8-11,14-15,24-25H,7,12-13,16-21H2,1-2H3. The molecule has 1 aliphatic carbocycles. The summed E-state index contributed by atoms with van der Waals surface area (Å²) in [5.41, 5.74) is 2.85. The first-order valence-corrected chi connectivity index (χ1v) is 17.4. The summed E-state index contributed by atoms with van der Waals surface area (Å²) in [7, 11) is 0. The Bertz CT molecular complexity index is 1850. The highest BCUT2D eigenvalue weighted by Crippen LogP contribution is 2.52. The van der Waals surface area contributed by atoms with Gasteiger partial charge >= 0.3 is 11.9 Å². The van der Waals surface area contributed by atoms with E-state index in [2.05, 4.69) is 0 Å². The smallest absolute Gasteiger partial charge is 0.308 e. The van der Waals surface area contributed by atoms with Crippen LogP contribution in [0.2, 0.25) is 0 Å². The monoisotopic (exact) mass is 686 g/mol. The third-order valence-electron chi connectivity index (χ3n) is 10.2. The number of anilines is 2. The van der Waals surface area contributed by atoms with Crippen molar-refractivity contribution in [1.82, 2.24) is 0 Å². The first-order chi connectivity index (χ1) is 23.1. The van der Waals surface area contributed by atoms with Gasteiger partial charge in [0, 0.05) is 86.3 Å². The summed E-state index contributed by atoms with van der Waals surface area (Å²) in [6, 6.07) is 18.9.